The third kappa shape index (κ3) is 4.66. The highest BCUT2D eigenvalue weighted by Crippen LogP contribution is 2.38. The minimum absolute atomic E-state index is 0.309. The van der Waals surface area contributed by atoms with E-state index in [4.69, 9.17) is 26.6 Å². The molecule has 2 atom stereocenters. The third-order valence-corrected chi connectivity index (χ3v) is 6.21. The van der Waals surface area contributed by atoms with Gasteiger partial charge in [0.25, 0.3) is 0 Å². The van der Waals surface area contributed by atoms with Crippen LogP contribution < -0.4 is 4.74 Å². The fourth-order valence-electron chi connectivity index (χ4n) is 3.02. The Labute approximate surface area is 171 Å². The average molecular weight is 424 g/mol. The monoisotopic (exact) mass is 423 g/mol. The van der Waals surface area contributed by atoms with E-state index >= 15 is 0 Å². The topological polar surface area (TPSA) is 125 Å². The normalized spacial score (nSPS) is 15.1. The van der Waals surface area contributed by atoms with Gasteiger partial charge in [-0.1, -0.05) is 42.2 Å². The first-order valence-corrected chi connectivity index (χ1v) is 10.4. The number of halogens is 1. The molecule has 2 rings (SSSR count). The van der Waals surface area contributed by atoms with E-state index in [1.165, 1.54) is 0 Å². The third-order valence-electron chi connectivity index (χ3n) is 4.83. The lowest BCUT2D eigenvalue weighted by molar-refractivity contribution is 0.193. The molecule has 0 amide bonds. The Morgan fingerprint density at radius 1 is 1.36 bits per heavy atom. The molecule has 0 aliphatic rings. The highest BCUT2D eigenvalue weighted by atomic mass is 35.5. The van der Waals surface area contributed by atoms with Crippen molar-refractivity contribution >= 4 is 33.0 Å². The van der Waals surface area contributed by atoms with Gasteiger partial charge in [-0.05, 0) is 49.2 Å². The van der Waals surface area contributed by atoms with Gasteiger partial charge in [0.1, 0.15) is 5.15 Å². The number of ether oxygens (including phenoxy) is 1. The second-order valence-corrected chi connectivity index (χ2v) is 9.54. The van der Waals surface area contributed by atoms with Crippen LogP contribution in [-0.2, 0) is 20.3 Å². The molecule has 2 aromatic heterocycles. The van der Waals surface area contributed by atoms with Crippen LogP contribution in [0.1, 0.15) is 53.0 Å². The van der Waals surface area contributed by atoms with Gasteiger partial charge in [0.15, 0.2) is 0 Å². The smallest absolute Gasteiger partial charge is 0.223 e. The van der Waals surface area contributed by atoms with Crippen molar-refractivity contribution in [2.45, 2.75) is 63.9 Å². The number of hydrogen-bond acceptors (Lipinski definition) is 7. The summed E-state index contributed by atoms with van der Waals surface area (Å²) in [4.78, 5) is 11.6. The molecule has 8 nitrogen and oxygen atoms in total. The van der Waals surface area contributed by atoms with E-state index in [1.54, 1.807) is 32.3 Å². The zero-order chi connectivity index (χ0) is 21.1. The highest BCUT2D eigenvalue weighted by Gasteiger charge is 2.27. The first-order chi connectivity index (χ1) is 13.0. The maximum Gasteiger partial charge on any atom is 0.223 e. The lowest BCUT2D eigenvalue weighted by atomic mass is 9.88. The predicted molar refractivity (Wildman–Crippen MR) is 111 cm³/mol. The number of pyridine rings is 2. The Bertz CT molecular complexity index is 995. The Morgan fingerprint density at radius 3 is 2.61 bits per heavy atom. The molecule has 2 aromatic rings. The van der Waals surface area contributed by atoms with Gasteiger partial charge in [-0.3, -0.25) is 0 Å². The van der Waals surface area contributed by atoms with Gasteiger partial charge in [-0.25, -0.2) is 9.97 Å². The van der Waals surface area contributed by atoms with Crippen molar-refractivity contribution in [1.29, 1.82) is 4.78 Å². The van der Waals surface area contributed by atoms with E-state index in [9.17, 15) is 4.21 Å². The van der Waals surface area contributed by atoms with Crippen molar-refractivity contribution in [2.24, 2.45) is 5.11 Å². The molecule has 0 radical (unpaired) electrons. The lowest BCUT2D eigenvalue weighted by Crippen LogP contribution is -2.29. The molecule has 0 saturated carbocycles. The van der Waals surface area contributed by atoms with Crippen LogP contribution in [0, 0.1) is 4.78 Å². The molecule has 10 heteroatoms. The summed E-state index contributed by atoms with van der Waals surface area (Å²) < 4.78 is 24.4. The molecule has 152 valence electrons. The van der Waals surface area contributed by atoms with E-state index in [0.29, 0.717) is 29.3 Å². The van der Waals surface area contributed by atoms with Crippen molar-refractivity contribution in [1.82, 2.24) is 9.97 Å². The number of rotatable bonds is 8. The van der Waals surface area contributed by atoms with E-state index in [1.807, 2.05) is 20.8 Å². The van der Waals surface area contributed by atoms with Crippen LogP contribution in [0.15, 0.2) is 23.6 Å². The molecule has 0 bridgehead atoms. The summed E-state index contributed by atoms with van der Waals surface area (Å²) in [5.74, 6) is 0.362. The number of fused-ring (bicyclic) bond motifs is 1. The second-order valence-electron chi connectivity index (χ2n) is 7.51. The molecule has 0 spiro atoms. The van der Waals surface area contributed by atoms with Crippen molar-refractivity contribution in [3.63, 3.8) is 0 Å². The summed E-state index contributed by atoms with van der Waals surface area (Å²) in [6.07, 6.45) is 3.88. The lowest BCUT2D eigenvalue weighted by Gasteiger charge is -2.31. The number of nitrogens with one attached hydrogen (secondary N) is 1. The van der Waals surface area contributed by atoms with Crippen molar-refractivity contribution in [3.05, 3.63) is 39.6 Å². The Balaban J connectivity index is 2.53. The van der Waals surface area contributed by atoms with Crippen molar-refractivity contribution < 1.29 is 8.95 Å². The maximum atomic E-state index is 11.6. The van der Waals surface area contributed by atoms with Crippen LogP contribution >= 0.6 is 11.6 Å². The molecule has 0 unspecified atom stereocenters. The van der Waals surface area contributed by atoms with Crippen LogP contribution in [0.4, 0.5) is 0 Å². The summed E-state index contributed by atoms with van der Waals surface area (Å²) in [5, 5.41) is 5.67. The predicted octanol–water partition coefficient (Wildman–Crippen LogP) is 5.88. The van der Waals surface area contributed by atoms with E-state index in [0.717, 1.165) is 10.9 Å². The van der Waals surface area contributed by atoms with Gasteiger partial charge in [0.05, 0.1) is 17.0 Å². The number of nitrogens with zero attached hydrogens (tertiary/aromatic N) is 5. The number of azide groups is 1. The number of aromatic nitrogens is 2. The summed E-state index contributed by atoms with van der Waals surface area (Å²) in [6, 6.07) is 1.70. The average Bonchev–Trinajstić information content (AvgIpc) is 2.61. The first kappa shape index (κ1) is 22.2. The minimum atomic E-state index is -1.73. The van der Waals surface area contributed by atoms with Crippen LogP contribution in [0.3, 0.4) is 0 Å². The fraction of sp³-hybridized carbons (Fsp3) is 0.556. The van der Waals surface area contributed by atoms with E-state index < -0.39 is 20.9 Å². The number of hydrogen-bond donors (Lipinski definition) is 1. The SMILES string of the molecule is CC[C@@](C)(N=[N+]=[N-])c1cnc(O[C@H](C)CC(C)(C)[S-](=N)=O)c2cnc(Cl)cc12. The Kier molecular flexibility index (Phi) is 6.75. The van der Waals surface area contributed by atoms with Gasteiger partial charge in [0, 0.05) is 17.3 Å². The maximum absolute atomic E-state index is 11.6. The Hall–Kier alpha value is -2.09. The molecule has 0 aromatic carbocycles. The molecule has 2 heterocycles. The molecule has 0 fully saturated rings. The largest absolute Gasteiger partial charge is 0.474 e. The standard InChI is InChI=1S/C18H24ClN6O2S/c1-6-18(5,24-25-20)14-10-23-16(13-9-22-15(19)7-12(13)14)27-11(2)8-17(3,4)28(21)26/h7,9-11,21H,6,8H2,1-5H3/q-1/t11-,18-/m1/s1. The quantitative estimate of drug-likeness (QED) is 0.187. The molecular weight excluding hydrogens is 400 g/mol. The summed E-state index contributed by atoms with van der Waals surface area (Å²) in [6.45, 7) is 9.14. The van der Waals surface area contributed by atoms with E-state index in [-0.39, 0.29) is 6.10 Å². The van der Waals surface area contributed by atoms with Gasteiger partial charge in [0.2, 0.25) is 5.88 Å². The summed E-state index contributed by atoms with van der Waals surface area (Å²) in [5.41, 5.74) is 8.93. The van der Waals surface area contributed by atoms with Crippen molar-refractivity contribution in [2.75, 3.05) is 0 Å². The van der Waals surface area contributed by atoms with E-state index in [2.05, 4.69) is 20.0 Å². The van der Waals surface area contributed by atoms with Gasteiger partial charge >= 0.3 is 0 Å². The van der Waals surface area contributed by atoms with Crippen LogP contribution in [0.25, 0.3) is 21.2 Å². The summed E-state index contributed by atoms with van der Waals surface area (Å²) in [7, 11) is -1.73. The zero-order valence-corrected chi connectivity index (χ0v) is 18.1. The van der Waals surface area contributed by atoms with Crippen LogP contribution in [-0.4, -0.2) is 20.8 Å². The van der Waals surface area contributed by atoms with Crippen molar-refractivity contribution in [3.8, 4) is 5.88 Å². The van der Waals surface area contributed by atoms with Crippen LogP contribution in [0.5, 0.6) is 5.88 Å². The molecule has 0 aliphatic heterocycles. The van der Waals surface area contributed by atoms with Crippen LogP contribution in [0.2, 0.25) is 5.15 Å². The first-order valence-electron chi connectivity index (χ1n) is 8.85. The van der Waals surface area contributed by atoms with Gasteiger partial charge < -0.3 is 13.7 Å². The molecule has 0 saturated heterocycles. The fourth-order valence-corrected chi connectivity index (χ4v) is 3.57. The second kappa shape index (κ2) is 8.51. The van der Waals surface area contributed by atoms with Gasteiger partial charge in [-0.2, -0.15) is 10.6 Å². The Morgan fingerprint density at radius 2 is 2.04 bits per heavy atom. The summed E-state index contributed by atoms with van der Waals surface area (Å²) >= 11 is 6.11. The molecule has 0 aliphatic carbocycles. The zero-order valence-electron chi connectivity index (χ0n) is 16.6. The molecular formula is C18H24ClN6O2S-. The highest BCUT2D eigenvalue weighted by molar-refractivity contribution is 7.75. The van der Waals surface area contributed by atoms with Gasteiger partial charge in [-0.15, -0.1) is 0 Å². The minimum Gasteiger partial charge on any atom is -0.474 e. The molecule has 28 heavy (non-hydrogen) atoms. The molecule has 1 N–H and O–H groups in total.